The topological polar surface area (TPSA) is 63.9 Å². The SMILES string of the molecule is CCn1c2ccccc2c2nnc(SCC(=O)N(CC(C)C)CC(C)C)nc21. The molecule has 3 aromatic rings. The van der Waals surface area contributed by atoms with Crippen LogP contribution in [0, 0.1) is 11.8 Å². The fourth-order valence-electron chi connectivity index (χ4n) is 3.45. The standard InChI is InChI=1S/C21H29N5OS/c1-6-26-17-10-8-7-9-16(17)19-20(26)22-21(24-23-19)28-13-18(27)25(11-14(2)3)12-15(4)5/h7-10,14-15H,6,11-13H2,1-5H3. The Morgan fingerprint density at radius 2 is 1.79 bits per heavy atom. The molecule has 0 atom stereocenters. The molecule has 0 saturated carbocycles. The lowest BCUT2D eigenvalue weighted by atomic mass is 10.1. The van der Waals surface area contributed by atoms with Crippen LogP contribution in [0.5, 0.6) is 0 Å². The predicted molar refractivity (Wildman–Crippen MR) is 115 cm³/mol. The van der Waals surface area contributed by atoms with Crippen LogP contribution in [-0.4, -0.2) is 49.4 Å². The van der Waals surface area contributed by atoms with Crippen molar-refractivity contribution >= 4 is 39.7 Å². The first-order valence-electron chi connectivity index (χ1n) is 9.92. The summed E-state index contributed by atoms with van der Waals surface area (Å²) in [5, 5.41) is 10.3. The molecule has 0 fully saturated rings. The Labute approximate surface area is 170 Å². The zero-order chi connectivity index (χ0) is 20.3. The summed E-state index contributed by atoms with van der Waals surface area (Å²) >= 11 is 1.37. The van der Waals surface area contributed by atoms with E-state index in [1.807, 2.05) is 23.1 Å². The smallest absolute Gasteiger partial charge is 0.233 e. The molecule has 1 amide bonds. The maximum atomic E-state index is 12.7. The van der Waals surface area contributed by atoms with E-state index in [0.717, 1.165) is 41.7 Å². The van der Waals surface area contributed by atoms with Crippen molar-refractivity contribution in [1.82, 2.24) is 24.6 Å². The van der Waals surface area contributed by atoms with Gasteiger partial charge in [-0.25, -0.2) is 4.98 Å². The number of fused-ring (bicyclic) bond motifs is 3. The molecule has 1 aromatic carbocycles. The molecule has 3 rings (SSSR count). The molecule has 0 saturated heterocycles. The molecule has 0 unspecified atom stereocenters. The van der Waals surface area contributed by atoms with Gasteiger partial charge in [-0.05, 0) is 24.8 Å². The monoisotopic (exact) mass is 399 g/mol. The quantitative estimate of drug-likeness (QED) is 0.530. The third kappa shape index (κ3) is 4.46. The van der Waals surface area contributed by atoms with E-state index in [0.29, 0.717) is 22.7 Å². The molecule has 0 bridgehead atoms. The Morgan fingerprint density at radius 1 is 1.11 bits per heavy atom. The Bertz CT molecular complexity index is 956. The van der Waals surface area contributed by atoms with E-state index in [4.69, 9.17) is 4.98 Å². The summed E-state index contributed by atoms with van der Waals surface area (Å²) in [4.78, 5) is 19.4. The number of nitrogens with zero attached hydrogens (tertiary/aromatic N) is 5. The molecule has 2 aromatic heterocycles. The number of rotatable bonds is 8. The summed E-state index contributed by atoms with van der Waals surface area (Å²) in [6.45, 7) is 13.0. The largest absolute Gasteiger partial charge is 0.341 e. The highest BCUT2D eigenvalue weighted by molar-refractivity contribution is 7.99. The number of hydrogen-bond acceptors (Lipinski definition) is 5. The normalized spacial score (nSPS) is 11.8. The fourth-order valence-corrected chi connectivity index (χ4v) is 4.13. The molecular formula is C21H29N5OS. The van der Waals surface area contributed by atoms with Gasteiger partial charge in [0.2, 0.25) is 11.1 Å². The minimum absolute atomic E-state index is 0.132. The zero-order valence-electron chi connectivity index (χ0n) is 17.3. The molecular weight excluding hydrogens is 370 g/mol. The summed E-state index contributed by atoms with van der Waals surface area (Å²) in [6.07, 6.45) is 0. The number of thioether (sulfide) groups is 1. The molecule has 0 N–H and O–H groups in total. The fraction of sp³-hybridized carbons (Fsp3) is 0.524. The Morgan fingerprint density at radius 3 is 2.43 bits per heavy atom. The second-order valence-electron chi connectivity index (χ2n) is 7.90. The van der Waals surface area contributed by atoms with Gasteiger partial charge < -0.3 is 9.47 Å². The van der Waals surface area contributed by atoms with E-state index in [9.17, 15) is 4.79 Å². The molecule has 6 nitrogen and oxygen atoms in total. The molecule has 150 valence electrons. The Hall–Kier alpha value is -2.15. The van der Waals surface area contributed by atoms with Crippen LogP contribution in [0.1, 0.15) is 34.6 Å². The number of carbonyl (C=O) groups is 1. The van der Waals surface area contributed by atoms with Crippen molar-refractivity contribution < 1.29 is 4.79 Å². The highest BCUT2D eigenvalue weighted by atomic mass is 32.2. The van der Waals surface area contributed by atoms with Crippen LogP contribution in [-0.2, 0) is 11.3 Å². The van der Waals surface area contributed by atoms with E-state index >= 15 is 0 Å². The minimum atomic E-state index is 0.132. The predicted octanol–water partition coefficient (Wildman–Crippen LogP) is 4.23. The van der Waals surface area contributed by atoms with Crippen LogP contribution in [0.15, 0.2) is 29.4 Å². The second kappa shape index (κ2) is 8.90. The third-order valence-corrected chi connectivity index (χ3v) is 5.34. The first kappa shape index (κ1) is 20.6. The number of benzene rings is 1. The highest BCUT2D eigenvalue weighted by Crippen LogP contribution is 2.27. The van der Waals surface area contributed by atoms with Crippen molar-refractivity contribution in [3.8, 4) is 0 Å². The third-order valence-electron chi connectivity index (χ3n) is 4.52. The van der Waals surface area contributed by atoms with Crippen LogP contribution >= 0.6 is 11.8 Å². The lowest BCUT2D eigenvalue weighted by Crippen LogP contribution is -2.38. The molecule has 2 heterocycles. The first-order valence-corrected chi connectivity index (χ1v) is 10.9. The molecule has 0 aliphatic carbocycles. The van der Waals surface area contributed by atoms with Crippen LogP contribution in [0.25, 0.3) is 22.1 Å². The first-order chi connectivity index (χ1) is 13.4. The van der Waals surface area contributed by atoms with Gasteiger partial charge in [-0.2, -0.15) is 0 Å². The maximum Gasteiger partial charge on any atom is 0.233 e. The van der Waals surface area contributed by atoms with Gasteiger partial charge >= 0.3 is 0 Å². The van der Waals surface area contributed by atoms with Crippen LogP contribution in [0.4, 0.5) is 0 Å². The second-order valence-corrected chi connectivity index (χ2v) is 8.85. The Balaban J connectivity index is 1.80. The van der Waals surface area contributed by atoms with Gasteiger partial charge in [-0.15, -0.1) is 10.2 Å². The number of aromatic nitrogens is 4. The summed E-state index contributed by atoms with van der Waals surface area (Å²) in [5.41, 5.74) is 2.75. The molecule has 0 spiro atoms. The highest BCUT2D eigenvalue weighted by Gasteiger charge is 2.18. The lowest BCUT2D eigenvalue weighted by molar-refractivity contribution is -0.129. The van der Waals surface area contributed by atoms with Crippen molar-refractivity contribution in [1.29, 1.82) is 0 Å². The van der Waals surface area contributed by atoms with Gasteiger partial charge in [0.05, 0.1) is 11.3 Å². The van der Waals surface area contributed by atoms with E-state index in [-0.39, 0.29) is 5.91 Å². The summed E-state index contributed by atoms with van der Waals surface area (Å²) < 4.78 is 2.15. The Kier molecular flexibility index (Phi) is 6.54. The van der Waals surface area contributed by atoms with Crippen molar-refractivity contribution in [2.75, 3.05) is 18.8 Å². The average Bonchev–Trinajstić information content (AvgIpc) is 2.97. The number of aryl methyl sites for hydroxylation is 1. The molecule has 0 aliphatic rings. The zero-order valence-corrected chi connectivity index (χ0v) is 18.2. The van der Waals surface area contributed by atoms with E-state index in [1.165, 1.54) is 11.8 Å². The molecule has 28 heavy (non-hydrogen) atoms. The lowest BCUT2D eigenvalue weighted by Gasteiger charge is -2.26. The van der Waals surface area contributed by atoms with Gasteiger partial charge in [-0.1, -0.05) is 57.7 Å². The van der Waals surface area contributed by atoms with Crippen molar-refractivity contribution in [3.05, 3.63) is 24.3 Å². The van der Waals surface area contributed by atoms with E-state index < -0.39 is 0 Å². The number of amides is 1. The molecule has 0 aliphatic heterocycles. The van der Waals surface area contributed by atoms with Crippen LogP contribution in [0.3, 0.4) is 0 Å². The average molecular weight is 400 g/mol. The van der Waals surface area contributed by atoms with Gasteiger partial charge in [0, 0.05) is 25.0 Å². The maximum absolute atomic E-state index is 12.7. The summed E-state index contributed by atoms with van der Waals surface area (Å²) in [7, 11) is 0. The van der Waals surface area contributed by atoms with Gasteiger partial charge in [0.15, 0.2) is 5.65 Å². The van der Waals surface area contributed by atoms with Crippen LogP contribution in [0.2, 0.25) is 0 Å². The van der Waals surface area contributed by atoms with Crippen molar-refractivity contribution in [2.24, 2.45) is 11.8 Å². The van der Waals surface area contributed by atoms with Gasteiger partial charge in [-0.3, -0.25) is 4.79 Å². The van der Waals surface area contributed by atoms with Gasteiger partial charge in [0.25, 0.3) is 0 Å². The van der Waals surface area contributed by atoms with E-state index in [2.05, 4.69) is 55.4 Å². The van der Waals surface area contributed by atoms with Crippen LogP contribution < -0.4 is 0 Å². The number of carbonyl (C=O) groups excluding carboxylic acids is 1. The number of para-hydroxylation sites is 1. The van der Waals surface area contributed by atoms with Gasteiger partial charge in [0.1, 0.15) is 5.52 Å². The minimum Gasteiger partial charge on any atom is -0.341 e. The molecule has 7 heteroatoms. The number of hydrogen-bond donors (Lipinski definition) is 0. The summed E-state index contributed by atoms with van der Waals surface area (Å²) in [5.74, 6) is 1.36. The summed E-state index contributed by atoms with van der Waals surface area (Å²) in [6, 6.07) is 8.15. The van der Waals surface area contributed by atoms with Crippen molar-refractivity contribution in [3.63, 3.8) is 0 Å². The van der Waals surface area contributed by atoms with E-state index in [1.54, 1.807) is 0 Å². The van der Waals surface area contributed by atoms with Crippen molar-refractivity contribution in [2.45, 2.75) is 46.3 Å². The molecule has 0 radical (unpaired) electrons.